The Kier molecular flexibility index (Phi) is 3.54. The summed E-state index contributed by atoms with van der Waals surface area (Å²) in [5.41, 5.74) is 0.801. The Morgan fingerprint density at radius 1 is 1.26 bits per heavy atom. The minimum atomic E-state index is -3.52. The molecule has 0 fully saturated rings. The number of benzene rings is 2. The van der Waals surface area contributed by atoms with Crippen LogP contribution in [-0.4, -0.2) is 27.3 Å². The quantitative estimate of drug-likeness (QED) is 0.841. The maximum Gasteiger partial charge on any atom is 0.259 e. The molecule has 1 aliphatic heterocycles. The SMILES string of the molecule is COc1ccc(C(=O)N2CS(=O)(=O)c3ccccc32)cc1C#N. The minimum absolute atomic E-state index is 0.141. The van der Waals surface area contributed by atoms with E-state index in [9.17, 15) is 13.2 Å². The molecule has 116 valence electrons. The molecule has 3 rings (SSSR count). The third-order valence-corrected chi connectivity index (χ3v) is 5.22. The minimum Gasteiger partial charge on any atom is -0.495 e. The van der Waals surface area contributed by atoms with Crippen molar-refractivity contribution in [3.8, 4) is 11.8 Å². The zero-order chi connectivity index (χ0) is 16.6. The highest BCUT2D eigenvalue weighted by atomic mass is 32.2. The standard InChI is InChI=1S/C16H12N2O4S/c1-22-14-7-6-11(8-12(14)9-17)16(19)18-10-23(20,21)15-5-3-2-4-13(15)18/h2-8H,10H2,1H3. The molecule has 1 amide bonds. The van der Waals surface area contributed by atoms with Gasteiger partial charge in [-0.2, -0.15) is 5.26 Å². The molecule has 7 heteroatoms. The van der Waals surface area contributed by atoms with Crippen LogP contribution < -0.4 is 9.64 Å². The topological polar surface area (TPSA) is 87.5 Å². The van der Waals surface area contributed by atoms with E-state index in [4.69, 9.17) is 10.00 Å². The predicted molar refractivity (Wildman–Crippen MR) is 83.0 cm³/mol. The number of para-hydroxylation sites is 1. The Hall–Kier alpha value is -2.85. The maximum absolute atomic E-state index is 12.7. The molecule has 0 aromatic heterocycles. The number of carbonyl (C=O) groups is 1. The van der Waals surface area contributed by atoms with Crippen molar-refractivity contribution in [3.63, 3.8) is 0 Å². The van der Waals surface area contributed by atoms with Gasteiger partial charge in [-0.1, -0.05) is 12.1 Å². The maximum atomic E-state index is 12.7. The first-order valence-electron chi connectivity index (χ1n) is 6.70. The van der Waals surface area contributed by atoms with Crippen molar-refractivity contribution in [2.45, 2.75) is 4.90 Å². The molecule has 0 bridgehead atoms. The highest BCUT2D eigenvalue weighted by molar-refractivity contribution is 7.92. The number of ether oxygens (including phenoxy) is 1. The summed E-state index contributed by atoms with van der Waals surface area (Å²) in [5, 5.41) is 9.11. The molecule has 0 radical (unpaired) electrons. The number of fused-ring (bicyclic) bond motifs is 1. The zero-order valence-corrected chi connectivity index (χ0v) is 13.0. The molecule has 0 atom stereocenters. The van der Waals surface area contributed by atoms with Crippen molar-refractivity contribution in [1.82, 2.24) is 0 Å². The Labute approximate surface area is 133 Å². The third-order valence-electron chi connectivity index (χ3n) is 3.60. The van der Waals surface area contributed by atoms with Crippen LogP contribution in [0.2, 0.25) is 0 Å². The van der Waals surface area contributed by atoms with E-state index < -0.39 is 21.6 Å². The van der Waals surface area contributed by atoms with E-state index in [1.165, 1.54) is 36.3 Å². The number of methoxy groups -OCH3 is 1. The van der Waals surface area contributed by atoms with Gasteiger partial charge < -0.3 is 4.74 Å². The second-order valence-corrected chi connectivity index (χ2v) is 6.90. The Bertz CT molecular complexity index is 945. The van der Waals surface area contributed by atoms with Crippen molar-refractivity contribution in [2.24, 2.45) is 0 Å². The first kappa shape index (κ1) is 15.1. The summed E-state index contributed by atoms with van der Waals surface area (Å²) in [6.07, 6.45) is 0. The van der Waals surface area contributed by atoms with Crippen LogP contribution >= 0.6 is 0 Å². The molecule has 0 unspecified atom stereocenters. The molecule has 2 aromatic rings. The normalized spacial score (nSPS) is 14.9. The van der Waals surface area contributed by atoms with Gasteiger partial charge >= 0.3 is 0 Å². The second kappa shape index (κ2) is 5.41. The lowest BCUT2D eigenvalue weighted by Crippen LogP contribution is -2.30. The van der Waals surface area contributed by atoms with E-state index in [1.807, 2.05) is 6.07 Å². The molecule has 0 aliphatic carbocycles. The van der Waals surface area contributed by atoms with E-state index in [1.54, 1.807) is 18.2 Å². The van der Waals surface area contributed by atoms with Crippen molar-refractivity contribution in [2.75, 3.05) is 17.9 Å². The molecule has 0 saturated carbocycles. The molecule has 23 heavy (non-hydrogen) atoms. The van der Waals surface area contributed by atoms with Gasteiger partial charge in [-0.15, -0.1) is 0 Å². The summed E-state index contributed by atoms with van der Waals surface area (Å²) in [6, 6.07) is 12.7. The number of rotatable bonds is 2. The monoisotopic (exact) mass is 328 g/mol. The Balaban J connectivity index is 2.05. The lowest BCUT2D eigenvalue weighted by atomic mass is 10.1. The summed E-state index contributed by atoms with van der Waals surface area (Å²) >= 11 is 0. The summed E-state index contributed by atoms with van der Waals surface area (Å²) < 4.78 is 29.4. The molecule has 2 aromatic carbocycles. The number of amides is 1. The molecule has 0 N–H and O–H groups in total. The van der Waals surface area contributed by atoms with Gasteiger partial charge in [0.1, 0.15) is 17.7 Å². The summed E-state index contributed by atoms with van der Waals surface area (Å²) in [4.78, 5) is 14.0. The largest absolute Gasteiger partial charge is 0.495 e. The predicted octanol–water partition coefficient (Wildman–Crippen LogP) is 1.96. The summed E-state index contributed by atoms with van der Waals surface area (Å²) in [7, 11) is -2.09. The number of nitriles is 1. The number of hydrogen-bond donors (Lipinski definition) is 0. The average Bonchev–Trinajstić information content (AvgIpc) is 2.85. The van der Waals surface area contributed by atoms with Crippen LogP contribution in [-0.2, 0) is 9.84 Å². The van der Waals surface area contributed by atoms with E-state index in [2.05, 4.69) is 0 Å². The first-order valence-corrected chi connectivity index (χ1v) is 8.35. The van der Waals surface area contributed by atoms with E-state index in [0.29, 0.717) is 11.4 Å². The first-order chi connectivity index (χ1) is 11.0. The van der Waals surface area contributed by atoms with Gasteiger partial charge in [-0.3, -0.25) is 9.69 Å². The Morgan fingerprint density at radius 3 is 2.70 bits per heavy atom. The van der Waals surface area contributed by atoms with Crippen LogP contribution in [0.25, 0.3) is 0 Å². The fourth-order valence-electron chi connectivity index (χ4n) is 2.50. The molecule has 6 nitrogen and oxygen atoms in total. The number of sulfone groups is 1. The number of carbonyl (C=O) groups excluding carboxylic acids is 1. The van der Waals surface area contributed by atoms with E-state index >= 15 is 0 Å². The van der Waals surface area contributed by atoms with E-state index in [0.717, 1.165) is 0 Å². The zero-order valence-electron chi connectivity index (χ0n) is 12.2. The number of nitrogens with zero attached hydrogens (tertiary/aromatic N) is 2. The molecular weight excluding hydrogens is 316 g/mol. The Morgan fingerprint density at radius 2 is 2.00 bits per heavy atom. The highest BCUT2D eigenvalue weighted by Gasteiger charge is 2.36. The number of hydrogen-bond acceptors (Lipinski definition) is 5. The van der Waals surface area contributed by atoms with Crippen LogP contribution in [0, 0.1) is 11.3 Å². The van der Waals surface area contributed by atoms with Gasteiger partial charge in [0.15, 0.2) is 9.84 Å². The van der Waals surface area contributed by atoms with Gasteiger partial charge in [-0.05, 0) is 30.3 Å². The van der Waals surface area contributed by atoms with E-state index in [-0.39, 0.29) is 16.0 Å². The second-order valence-electron chi connectivity index (χ2n) is 4.97. The van der Waals surface area contributed by atoms with Gasteiger partial charge in [-0.25, -0.2) is 8.42 Å². The third kappa shape index (κ3) is 2.43. The van der Waals surface area contributed by atoms with Crippen LogP contribution in [0.4, 0.5) is 5.69 Å². The molecule has 1 aliphatic rings. The fourth-order valence-corrected chi connectivity index (χ4v) is 4.02. The number of anilines is 1. The van der Waals surface area contributed by atoms with Crippen LogP contribution in [0.3, 0.4) is 0 Å². The van der Waals surface area contributed by atoms with Gasteiger partial charge in [0.2, 0.25) is 0 Å². The lowest BCUT2D eigenvalue weighted by molar-refractivity contribution is 0.0991. The van der Waals surface area contributed by atoms with Gasteiger partial charge in [0.05, 0.1) is 23.3 Å². The average molecular weight is 328 g/mol. The smallest absolute Gasteiger partial charge is 0.259 e. The summed E-state index contributed by atoms with van der Waals surface area (Å²) in [5.74, 6) is -0.518. The van der Waals surface area contributed by atoms with Crippen molar-refractivity contribution in [1.29, 1.82) is 5.26 Å². The molecule has 0 spiro atoms. The van der Waals surface area contributed by atoms with Crippen molar-refractivity contribution >= 4 is 21.4 Å². The molecule has 0 saturated heterocycles. The van der Waals surface area contributed by atoms with Crippen LogP contribution in [0.1, 0.15) is 15.9 Å². The van der Waals surface area contributed by atoms with Crippen molar-refractivity contribution in [3.05, 3.63) is 53.6 Å². The lowest BCUT2D eigenvalue weighted by Gasteiger charge is -2.16. The summed E-state index contributed by atoms with van der Waals surface area (Å²) in [6.45, 7) is 0. The fraction of sp³-hybridized carbons (Fsp3) is 0.125. The highest BCUT2D eigenvalue weighted by Crippen LogP contribution is 2.34. The van der Waals surface area contributed by atoms with Gasteiger partial charge in [0, 0.05) is 5.56 Å². The van der Waals surface area contributed by atoms with Gasteiger partial charge in [0.25, 0.3) is 5.91 Å². The molecule has 1 heterocycles. The van der Waals surface area contributed by atoms with Crippen molar-refractivity contribution < 1.29 is 17.9 Å². The molecular formula is C16H12N2O4S. The van der Waals surface area contributed by atoms with Crippen LogP contribution in [0.5, 0.6) is 5.75 Å². The van der Waals surface area contributed by atoms with Crippen LogP contribution in [0.15, 0.2) is 47.4 Å².